The first-order valence-corrected chi connectivity index (χ1v) is 4.29. The average Bonchev–Trinajstić information content (AvgIpc) is 2.62. The van der Waals surface area contributed by atoms with Crippen LogP contribution in [0.4, 0.5) is 0 Å². The first-order valence-electron chi connectivity index (χ1n) is 4.29. The SMILES string of the molecule is CN(C)CCC(=O)NC1CC1N. The summed E-state index contributed by atoms with van der Waals surface area (Å²) in [5.74, 6) is 0.113. The normalized spacial score (nSPS) is 27.3. The van der Waals surface area contributed by atoms with Crippen molar-refractivity contribution >= 4 is 5.91 Å². The molecule has 0 heterocycles. The molecule has 0 aromatic heterocycles. The smallest absolute Gasteiger partial charge is 0.221 e. The fourth-order valence-electron chi connectivity index (χ4n) is 0.985. The monoisotopic (exact) mass is 171 g/mol. The lowest BCUT2D eigenvalue weighted by atomic mass is 10.4. The van der Waals surface area contributed by atoms with E-state index in [-0.39, 0.29) is 18.0 Å². The van der Waals surface area contributed by atoms with Gasteiger partial charge in [-0.2, -0.15) is 0 Å². The van der Waals surface area contributed by atoms with Gasteiger partial charge in [-0.1, -0.05) is 0 Å². The number of hydrogen-bond acceptors (Lipinski definition) is 3. The van der Waals surface area contributed by atoms with Gasteiger partial charge in [0.25, 0.3) is 0 Å². The molecule has 70 valence electrons. The van der Waals surface area contributed by atoms with Gasteiger partial charge in [0.05, 0.1) is 0 Å². The van der Waals surface area contributed by atoms with Gasteiger partial charge in [0, 0.05) is 25.0 Å². The maximum Gasteiger partial charge on any atom is 0.221 e. The molecule has 1 rings (SSSR count). The van der Waals surface area contributed by atoms with Gasteiger partial charge < -0.3 is 16.0 Å². The number of carbonyl (C=O) groups is 1. The summed E-state index contributed by atoms with van der Waals surface area (Å²) in [6.45, 7) is 0.799. The lowest BCUT2D eigenvalue weighted by Crippen LogP contribution is -2.31. The molecule has 0 spiro atoms. The van der Waals surface area contributed by atoms with E-state index in [1.54, 1.807) is 0 Å². The molecule has 3 N–H and O–H groups in total. The predicted octanol–water partition coefficient (Wildman–Crippen LogP) is -0.846. The minimum Gasteiger partial charge on any atom is -0.352 e. The van der Waals surface area contributed by atoms with Crippen molar-refractivity contribution in [3.05, 3.63) is 0 Å². The number of carbonyl (C=O) groups excluding carboxylic acids is 1. The zero-order valence-electron chi connectivity index (χ0n) is 7.71. The van der Waals surface area contributed by atoms with Gasteiger partial charge in [-0.25, -0.2) is 0 Å². The second-order valence-electron chi connectivity index (χ2n) is 3.63. The molecule has 0 saturated heterocycles. The molecule has 0 aliphatic heterocycles. The largest absolute Gasteiger partial charge is 0.352 e. The summed E-state index contributed by atoms with van der Waals surface area (Å²) in [5, 5.41) is 2.87. The molecule has 1 fully saturated rings. The summed E-state index contributed by atoms with van der Waals surface area (Å²) in [7, 11) is 3.91. The summed E-state index contributed by atoms with van der Waals surface area (Å²) in [4.78, 5) is 13.1. The Kier molecular flexibility index (Phi) is 3.05. The average molecular weight is 171 g/mol. The van der Waals surface area contributed by atoms with Crippen LogP contribution in [0.5, 0.6) is 0 Å². The first-order chi connectivity index (χ1) is 5.59. The molecule has 0 radical (unpaired) electrons. The van der Waals surface area contributed by atoms with E-state index in [0.29, 0.717) is 6.42 Å². The molecule has 0 bridgehead atoms. The summed E-state index contributed by atoms with van der Waals surface area (Å²) >= 11 is 0. The van der Waals surface area contributed by atoms with E-state index in [4.69, 9.17) is 5.73 Å². The maximum atomic E-state index is 11.2. The molecule has 0 aromatic rings. The predicted molar refractivity (Wildman–Crippen MR) is 47.7 cm³/mol. The highest BCUT2D eigenvalue weighted by molar-refractivity contribution is 5.76. The number of rotatable bonds is 4. The summed E-state index contributed by atoms with van der Waals surface area (Å²) < 4.78 is 0. The molecule has 0 aromatic carbocycles. The van der Waals surface area contributed by atoms with Crippen LogP contribution < -0.4 is 11.1 Å². The number of hydrogen-bond donors (Lipinski definition) is 2. The third-order valence-corrected chi connectivity index (χ3v) is 1.97. The molecule has 4 heteroatoms. The van der Waals surface area contributed by atoms with Crippen molar-refractivity contribution in [3.8, 4) is 0 Å². The van der Waals surface area contributed by atoms with E-state index in [9.17, 15) is 4.79 Å². The van der Waals surface area contributed by atoms with Crippen LogP contribution in [0.1, 0.15) is 12.8 Å². The van der Waals surface area contributed by atoms with Crippen LogP contribution in [0.25, 0.3) is 0 Å². The number of nitrogens with two attached hydrogens (primary N) is 1. The van der Waals surface area contributed by atoms with E-state index >= 15 is 0 Å². The van der Waals surface area contributed by atoms with E-state index in [0.717, 1.165) is 13.0 Å². The van der Waals surface area contributed by atoms with Crippen LogP contribution in [-0.4, -0.2) is 43.5 Å². The molecule has 1 aliphatic rings. The molecule has 4 nitrogen and oxygen atoms in total. The van der Waals surface area contributed by atoms with E-state index in [1.165, 1.54) is 0 Å². The molecular formula is C8H17N3O. The lowest BCUT2D eigenvalue weighted by Gasteiger charge is -2.08. The van der Waals surface area contributed by atoms with Gasteiger partial charge in [0.2, 0.25) is 5.91 Å². The van der Waals surface area contributed by atoms with Crippen LogP contribution in [0.2, 0.25) is 0 Å². The number of nitrogens with one attached hydrogen (secondary N) is 1. The summed E-state index contributed by atoms with van der Waals surface area (Å²) in [5.41, 5.74) is 5.55. The van der Waals surface area contributed by atoms with Crippen molar-refractivity contribution in [1.29, 1.82) is 0 Å². The Bertz CT molecular complexity index is 170. The molecule has 2 atom stereocenters. The highest BCUT2D eigenvalue weighted by Gasteiger charge is 2.34. The molecule has 1 saturated carbocycles. The van der Waals surface area contributed by atoms with E-state index in [2.05, 4.69) is 5.32 Å². The van der Waals surface area contributed by atoms with E-state index < -0.39 is 0 Å². The van der Waals surface area contributed by atoms with Gasteiger partial charge >= 0.3 is 0 Å². The van der Waals surface area contributed by atoms with Gasteiger partial charge in [0.1, 0.15) is 0 Å². The zero-order valence-corrected chi connectivity index (χ0v) is 7.71. The highest BCUT2D eigenvalue weighted by Crippen LogP contribution is 2.17. The Morgan fingerprint density at radius 2 is 2.25 bits per heavy atom. The van der Waals surface area contributed by atoms with Gasteiger partial charge in [-0.15, -0.1) is 0 Å². The van der Waals surface area contributed by atoms with Crippen molar-refractivity contribution in [3.63, 3.8) is 0 Å². The van der Waals surface area contributed by atoms with Crippen molar-refractivity contribution in [2.75, 3.05) is 20.6 Å². The zero-order chi connectivity index (χ0) is 9.14. The van der Waals surface area contributed by atoms with Gasteiger partial charge in [0.15, 0.2) is 0 Å². The first kappa shape index (κ1) is 9.48. The third kappa shape index (κ3) is 3.19. The fraction of sp³-hybridized carbons (Fsp3) is 0.875. The van der Waals surface area contributed by atoms with Crippen molar-refractivity contribution in [2.45, 2.75) is 24.9 Å². The molecule has 1 aliphatic carbocycles. The lowest BCUT2D eigenvalue weighted by molar-refractivity contribution is -0.121. The topological polar surface area (TPSA) is 58.4 Å². The quantitative estimate of drug-likeness (QED) is 0.579. The van der Waals surface area contributed by atoms with Crippen LogP contribution in [0, 0.1) is 0 Å². The van der Waals surface area contributed by atoms with Crippen molar-refractivity contribution in [2.24, 2.45) is 5.73 Å². The maximum absolute atomic E-state index is 11.2. The third-order valence-electron chi connectivity index (χ3n) is 1.97. The molecule has 1 amide bonds. The molecule has 2 unspecified atom stereocenters. The summed E-state index contributed by atoms with van der Waals surface area (Å²) in [6, 6.07) is 0.452. The van der Waals surface area contributed by atoms with Gasteiger partial charge in [-0.05, 0) is 20.5 Å². The van der Waals surface area contributed by atoms with Gasteiger partial charge in [-0.3, -0.25) is 4.79 Å². The Labute approximate surface area is 73.1 Å². The molecule has 12 heavy (non-hydrogen) atoms. The molecular weight excluding hydrogens is 154 g/mol. The number of amides is 1. The van der Waals surface area contributed by atoms with E-state index in [1.807, 2.05) is 19.0 Å². The van der Waals surface area contributed by atoms with Crippen LogP contribution in [0.15, 0.2) is 0 Å². The fourth-order valence-corrected chi connectivity index (χ4v) is 0.985. The Morgan fingerprint density at radius 3 is 2.67 bits per heavy atom. The Hall–Kier alpha value is -0.610. The number of nitrogens with zero attached hydrogens (tertiary/aromatic N) is 1. The minimum atomic E-state index is 0.113. The highest BCUT2D eigenvalue weighted by atomic mass is 16.1. The Morgan fingerprint density at radius 1 is 1.67 bits per heavy atom. The summed E-state index contributed by atoms with van der Waals surface area (Å²) in [6.07, 6.45) is 1.50. The minimum absolute atomic E-state index is 0.113. The van der Waals surface area contributed by atoms with Crippen LogP contribution >= 0.6 is 0 Å². The van der Waals surface area contributed by atoms with Crippen molar-refractivity contribution in [1.82, 2.24) is 10.2 Å². The standard InChI is InChI=1S/C8H17N3O/c1-11(2)4-3-8(12)10-7-5-6(7)9/h6-7H,3-5,9H2,1-2H3,(H,10,12). The second kappa shape index (κ2) is 3.87. The van der Waals surface area contributed by atoms with Crippen LogP contribution in [0.3, 0.4) is 0 Å². The Balaban J connectivity index is 2.04. The van der Waals surface area contributed by atoms with Crippen LogP contribution in [-0.2, 0) is 4.79 Å². The van der Waals surface area contributed by atoms with Crippen molar-refractivity contribution < 1.29 is 4.79 Å². The second-order valence-corrected chi connectivity index (χ2v) is 3.63.